The summed E-state index contributed by atoms with van der Waals surface area (Å²) in [4.78, 5) is 8.81. The molecule has 88 valence electrons. The first-order valence-electron chi connectivity index (χ1n) is 5.97. The van der Waals surface area contributed by atoms with Crippen molar-refractivity contribution in [1.82, 2.24) is 9.97 Å². The van der Waals surface area contributed by atoms with E-state index in [1.807, 2.05) is 13.8 Å². The Morgan fingerprint density at radius 1 is 1.44 bits per heavy atom. The third-order valence-electron chi connectivity index (χ3n) is 3.36. The van der Waals surface area contributed by atoms with Crippen LogP contribution < -0.4 is 11.1 Å². The number of nitrogens with two attached hydrogens (primary N) is 1. The van der Waals surface area contributed by atoms with Gasteiger partial charge >= 0.3 is 0 Å². The lowest BCUT2D eigenvalue weighted by atomic mass is 10.0. The van der Waals surface area contributed by atoms with Crippen LogP contribution in [-0.2, 0) is 0 Å². The summed E-state index contributed by atoms with van der Waals surface area (Å²) in [6, 6.07) is 0.472. The van der Waals surface area contributed by atoms with Gasteiger partial charge in [-0.25, -0.2) is 4.98 Å². The zero-order valence-electron chi connectivity index (χ0n) is 10.0. The topological polar surface area (TPSA) is 63.8 Å². The maximum absolute atomic E-state index is 5.77. The van der Waals surface area contributed by atoms with Gasteiger partial charge in [0.25, 0.3) is 0 Å². The van der Waals surface area contributed by atoms with Gasteiger partial charge in [-0.15, -0.1) is 0 Å². The molecule has 0 radical (unpaired) electrons. The summed E-state index contributed by atoms with van der Waals surface area (Å²) >= 11 is 0. The Balaban J connectivity index is 2.11. The van der Waals surface area contributed by atoms with E-state index in [2.05, 4.69) is 15.3 Å². The summed E-state index contributed by atoms with van der Waals surface area (Å²) < 4.78 is 0. The fourth-order valence-corrected chi connectivity index (χ4v) is 2.36. The van der Waals surface area contributed by atoms with Crippen LogP contribution in [0.4, 0.5) is 5.82 Å². The van der Waals surface area contributed by atoms with Crippen molar-refractivity contribution in [3.63, 3.8) is 0 Å². The van der Waals surface area contributed by atoms with Gasteiger partial charge in [0.1, 0.15) is 5.82 Å². The molecule has 0 aromatic carbocycles. The highest BCUT2D eigenvalue weighted by molar-refractivity contribution is 5.41. The van der Waals surface area contributed by atoms with Gasteiger partial charge in [-0.1, -0.05) is 6.42 Å². The van der Waals surface area contributed by atoms with Crippen LogP contribution in [-0.4, -0.2) is 22.6 Å². The molecule has 4 nitrogen and oxygen atoms in total. The second-order valence-corrected chi connectivity index (χ2v) is 4.62. The first kappa shape index (κ1) is 11.3. The third-order valence-corrected chi connectivity index (χ3v) is 3.36. The SMILES string of the molecule is Cc1cnc(C)c(NC2CCCC2CN)n1. The van der Waals surface area contributed by atoms with Crippen LogP contribution in [0.25, 0.3) is 0 Å². The molecule has 2 rings (SSSR count). The van der Waals surface area contributed by atoms with E-state index in [0.29, 0.717) is 12.0 Å². The molecule has 1 aliphatic carbocycles. The molecular formula is C12H20N4. The van der Waals surface area contributed by atoms with Crippen molar-refractivity contribution in [2.75, 3.05) is 11.9 Å². The van der Waals surface area contributed by atoms with E-state index in [1.165, 1.54) is 19.3 Å². The third kappa shape index (κ3) is 2.32. The van der Waals surface area contributed by atoms with Crippen LogP contribution in [0, 0.1) is 19.8 Å². The maximum atomic E-state index is 5.77. The fourth-order valence-electron chi connectivity index (χ4n) is 2.36. The van der Waals surface area contributed by atoms with Crippen molar-refractivity contribution in [2.45, 2.75) is 39.2 Å². The summed E-state index contributed by atoms with van der Waals surface area (Å²) in [6.07, 6.45) is 5.48. The number of hydrogen-bond acceptors (Lipinski definition) is 4. The van der Waals surface area contributed by atoms with Crippen molar-refractivity contribution >= 4 is 5.82 Å². The first-order valence-corrected chi connectivity index (χ1v) is 5.97. The Kier molecular flexibility index (Phi) is 3.39. The number of anilines is 1. The number of nitrogens with zero attached hydrogens (tertiary/aromatic N) is 2. The quantitative estimate of drug-likeness (QED) is 0.812. The lowest BCUT2D eigenvalue weighted by molar-refractivity contribution is 0.515. The zero-order chi connectivity index (χ0) is 11.5. The molecule has 1 heterocycles. The molecule has 2 atom stereocenters. The average Bonchev–Trinajstić information content (AvgIpc) is 2.71. The van der Waals surface area contributed by atoms with Gasteiger partial charge in [0.2, 0.25) is 0 Å². The highest BCUT2D eigenvalue weighted by atomic mass is 15.1. The predicted molar refractivity (Wildman–Crippen MR) is 65.3 cm³/mol. The molecule has 4 heteroatoms. The Labute approximate surface area is 96.7 Å². The monoisotopic (exact) mass is 220 g/mol. The number of aromatic nitrogens is 2. The summed E-state index contributed by atoms with van der Waals surface area (Å²) in [7, 11) is 0. The highest BCUT2D eigenvalue weighted by Gasteiger charge is 2.26. The zero-order valence-corrected chi connectivity index (χ0v) is 10.0. The van der Waals surface area contributed by atoms with Crippen molar-refractivity contribution in [3.8, 4) is 0 Å². The van der Waals surface area contributed by atoms with E-state index < -0.39 is 0 Å². The number of hydrogen-bond donors (Lipinski definition) is 2. The molecule has 16 heavy (non-hydrogen) atoms. The second-order valence-electron chi connectivity index (χ2n) is 4.62. The summed E-state index contributed by atoms with van der Waals surface area (Å²) in [5.41, 5.74) is 7.69. The molecular weight excluding hydrogens is 200 g/mol. The molecule has 1 saturated carbocycles. The van der Waals surface area contributed by atoms with E-state index in [0.717, 1.165) is 23.8 Å². The molecule has 3 N–H and O–H groups in total. The van der Waals surface area contributed by atoms with Crippen LogP contribution in [0.3, 0.4) is 0 Å². The molecule has 1 aliphatic rings. The number of rotatable bonds is 3. The van der Waals surface area contributed by atoms with Crippen molar-refractivity contribution in [1.29, 1.82) is 0 Å². The van der Waals surface area contributed by atoms with Crippen molar-refractivity contribution in [2.24, 2.45) is 11.7 Å². The minimum Gasteiger partial charge on any atom is -0.366 e. The van der Waals surface area contributed by atoms with E-state index in [-0.39, 0.29) is 0 Å². The molecule has 2 unspecified atom stereocenters. The largest absolute Gasteiger partial charge is 0.366 e. The van der Waals surface area contributed by atoms with Crippen LogP contribution in [0.15, 0.2) is 6.20 Å². The average molecular weight is 220 g/mol. The van der Waals surface area contributed by atoms with Crippen molar-refractivity contribution < 1.29 is 0 Å². The van der Waals surface area contributed by atoms with E-state index in [1.54, 1.807) is 6.20 Å². The van der Waals surface area contributed by atoms with Crippen LogP contribution >= 0.6 is 0 Å². The number of aryl methyl sites for hydroxylation is 2. The van der Waals surface area contributed by atoms with Crippen LogP contribution in [0.5, 0.6) is 0 Å². The molecule has 1 aromatic heterocycles. The van der Waals surface area contributed by atoms with Gasteiger partial charge < -0.3 is 11.1 Å². The molecule has 0 spiro atoms. The van der Waals surface area contributed by atoms with E-state index in [4.69, 9.17) is 5.73 Å². The molecule has 0 aliphatic heterocycles. The smallest absolute Gasteiger partial charge is 0.147 e. The Morgan fingerprint density at radius 3 is 3.00 bits per heavy atom. The Morgan fingerprint density at radius 2 is 2.25 bits per heavy atom. The molecule has 0 bridgehead atoms. The van der Waals surface area contributed by atoms with Crippen molar-refractivity contribution in [3.05, 3.63) is 17.6 Å². The molecule has 1 fully saturated rings. The van der Waals surface area contributed by atoms with E-state index in [9.17, 15) is 0 Å². The molecule has 0 saturated heterocycles. The molecule has 1 aromatic rings. The Bertz CT molecular complexity index is 364. The van der Waals surface area contributed by atoms with Gasteiger partial charge in [0, 0.05) is 12.2 Å². The summed E-state index contributed by atoms with van der Waals surface area (Å²) in [5, 5.41) is 3.50. The Hall–Kier alpha value is -1.16. The van der Waals surface area contributed by atoms with Crippen LogP contribution in [0.1, 0.15) is 30.7 Å². The lowest BCUT2D eigenvalue weighted by Gasteiger charge is -2.20. The molecule has 0 amide bonds. The van der Waals surface area contributed by atoms with Gasteiger partial charge in [-0.3, -0.25) is 4.98 Å². The predicted octanol–water partition coefficient (Wildman–Crippen LogP) is 1.63. The van der Waals surface area contributed by atoms with Crippen LogP contribution in [0.2, 0.25) is 0 Å². The minimum atomic E-state index is 0.472. The fraction of sp³-hybridized carbons (Fsp3) is 0.667. The first-order chi connectivity index (χ1) is 7.70. The summed E-state index contributed by atoms with van der Waals surface area (Å²) in [6.45, 7) is 4.71. The van der Waals surface area contributed by atoms with Gasteiger partial charge in [-0.2, -0.15) is 0 Å². The number of nitrogens with one attached hydrogen (secondary N) is 1. The lowest BCUT2D eigenvalue weighted by Crippen LogP contribution is -2.30. The highest BCUT2D eigenvalue weighted by Crippen LogP contribution is 2.27. The van der Waals surface area contributed by atoms with Gasteiger partial charge in [-0.05, 0) is 39.2 Å². The maximum Gasteiger partial charge on any atom is 0.147 e. The standard InChI is InChI=1S/C12H20N4/c1-8-7-14-9(2)12(15-8)16-11-5-3-4-10(11)6-13/h7,10-11H,3-6,13H2,1-2H3,(H,15,16). The minimum absolute atomic E-state index is 0.472. The summed E-state index contributed by atoms with van der Waals surface area (Å²) in [5.74, 6) is 1.51. The van der Waals surface area contributed by atoms with Gasteiger partial charge in [0.05, 0.1) is 11.4 Å². The van der Waals surface area contributed by atoms with Gasteiger partial charge in [0.15, 0.2) is 0 Å². The van der Waals surface area contributed by atoms with E-state index >= 15 is 0 Å². The normalized spacial score (nSPS) is 24.7. The second kappa shape index (κ2) is 4.78.